The standard InChI is InChI=1S/C22H30N4O2/c1-6-9-13-23-21(27)19-20(25-15(5)14(4)24-19)22(28)26-18-16(7-2)11-10-12-17(18)8-3/h10-12H,6-9,13H2,1-5H3,(H,23,27)(H,26,28). The third-order valence-corrected chi connectivity index (χ3v) is 4.79. The predicted octanol–water partition coefficient (Wildman–Crippen LogP) is 4.00. The van der Waals surface area contributed by atoms with E-state index in [1.165, 1.54) is 0 Å². The molecule has 0 unspecified atom stereocenters. The molecule has 28 heavy (non-hydrogen) atoms. The number of para-hydroxylation sites is 1. The fourth-order valence-corrected chi connectivity index (χ4v) is 2.96. The van der Waals surface area contributed by atoms with E-state index < -0.39 is 5.91 Å². The van der Waals surface area contributed by atoms with Crippen molar-refractivity contribution in [2.24, 2.45) is 0 Å². The highest BCUT2D eigenvalue weighted by molar-refractivity contribution is 6.10. The summed E-state index contributed by atoms with van der Waals surface area (Å²) in [5.74, 6) is -0.777. The second-order valence-electron chi connectivity index (χ2n) is 6.81. The first-order valence-corrected chi connectivity index (χ1v) is 9.98. The van der Waals surface area contributed by atoms with Crippen molar-refractivity contribution in [3.63, 3.8) is 0 Å². The van der Waals surface area contributed by atoms with Crippen molar-refractivity contribution in [1.29, 1.82) is 0 Å². The third kappa shape index (κ3) is 4.94. The van der Waals surface area contributed by atoms with Gasteiger partial charge in [0.05, 0.1) is 11.4 Å². The Morgan fingerprint density at radius 3 is 1.93 bits per heavy atom. The smallest absolute Gasteiger partial charge is 0.276 e. The molecule has 6 nitrogen and oxygen atoms in total. The second kappa shape index (κ2) is 9.97. The molecule has 2 rings (SSSR count). The van der Waals surface area contributed by atoms with Gasteiger partial charge in [0, 0.05) is 12.2 Å². The van der Waals surface area contributed by atoms with Crippen molar-refractivity contribution in [2.45, 2.75) is 60.3 Å². The molecule has 1 heterocycles. The zero-order chi connectivity index (χ0) is 20.7. The van der Waals surface area contributed by atoms with E-state index in [0.717, 1.165) is 42.5 Å². The number of nitrogens with zero attached hydrogens (tertiary/aromatic N) is 2. The maximum Gasteiger partial charge on any atom is 0.276 e. The van der Waals surface area contributed by atoms with E-state index >= 15 is 0 Å². The molecule has 0 radical (unpaired) electrons. The molecular formula is C22H30N4O2. The number of anilines is 1. The lowest BCUT2D eigenvalue weighted by molar-refractivity contribution is 0.0932. The Hall–Kier alpha value is -2.76. The van der Waals surface area contributed by atoms with Crippen LogP contribution in [0.25, 0.3) is 0 Å². The molecule has 0 saturated carbocycles. The van der Waals surface area contributed by atoms with Gasteiger partial charge in [0.2, 0.25) is 0 Å². The van der Waals surface area contributed by atoms with Crippen molar-refractivity contribution >= 4 is 17.5 Å². The quantitative estimate of drug-likeness (QED) is 0.676. The zero-order valence-corrected chi connectivity index (χ0v) is 17.5. The van der Waals surface area contributed by atoms with E-state index in [1.54, 1.807) is 13.8 Å². The van der Waals surface area contributed by atoms with Crippen LogP contribution in [0, 0.1) is 13.8 Å². The number of aromatic nitrogens is 2. The molecule has 2 amide bonds. The van der Waals surface area contributed by atoms with Crippen LogP contribution in [0.1, 0.15) is 77.1 Å². The van der Waals surface area contributed by atoms with Crippen LogP contribution in [0.15, 0.2) is 18.2 Å². The molecule has 2 N–H and O–H groups in total. The molecule has 150 valence electrons. The summed E-state index contributed by atoms with van der Waals surface area (Å²) < 4.78 is 0. The molecule has 0 aliphatic carbocycles. The minimum absolute atomic E-state index is 0.0602. The Morgan fingerprint density at radius 2 is 1.43 bits per heavy atom. The molecule has 2 aromatic rings. The fraction of sp³-hybridized carbons (Fsp3) is 0.455. The topological polar surface area (TPSA) is 84.0 Å². The molecule has 0 aliphatic heterocycles. The normalized spacial score (nSPS) is 10.6. The number of carbonyl (C=O) groups is 2. The van der Waals surface area contributed by atoms with Gasteiger partial charge in [-0.1, -0.05) is 45.4 Å². The maximum atomic E-state index is 13.1. The first kappa shape index (κ1) is 21.5. The highest BCUT2D eigenvalue weighted by Gasteiger charge is 2.23. The summed E-state index contributed by atoms with van der Waals surface area (Å²) in [6.07, 6.45) is 3.44. The highest BCUT2D eigenvalue weighted by Crippen LogP contribution is 2.23. The van der Waals surface area contributed by atoms with Crippen LogP contribution >= 0.6 is 0 Å². The van der Waals surface area contributed by atoms with Gasteiger partial charge < -0.3 is 10.6 Å². The second-order valence-corrected chi connectivity index (χ2v) is 6.81. The van der Waals surface area contributed by atoms with E-state index in [0.29, 0.717) is 17.9 Å². The van der Waals surface area contributed by atoms with Crippen molar-refractivity contribution in [3.8, 4) is 0 Å². The van der Waals surface area contributed by atoms with Crippen molar-refractivity contribution in [2.75, 3.05) is 11.9 Å². The van der Waals surface area contributed by atoms with Crippen LogP contribution < -0.4 is 10.6 Å². The molecule has 0 atom stereocenters. The first-order chi connectivity index (χ1) is 13.4. The molecule has 0 aliphatic rings. The number of hydrogen-bond acceptors (Lipinski definition) is 4. The van der Waals surface area contributed by atoms with Gasteiger partial charge in [-0.2, -0.15) is 0 Å². The van der Waals surface area contributed by atoms with Crippen LogP contribution in [-0.4, -0.2) is 28.3 Å². The number of unbranched alkanes of at least 4 members (excludes halogenated alkanes) is 1. The van der Waals surface area contributed by atoms with E-state index in [2.05, 4.69) is 27.5 Å². The summed E-state index contributed by atoms with van der Waals surface area (Å²) in [7, 11) is 0. The summed E-state index contributed by atoms with van der Waals surface area (Å²) in [6, 6.07) is 5.99. The number of carbonyl (C=O) groups excluding carboxylic acids is 2. The Bertz CT molecular complexity index is 840. The van der Waals surface area contributed by atoms with Gasteiger partial charge in [-0.05, 0) is 44.2 Å². The van der Waals surface area contributed by atoms with Crippen LogP contribution in [0.5, 0.6) is 0 Å². The fourth-order valence-electron chi connectivity index (χ4n) is 2.96. The van der Waals surface area contributed by atoms with Crippen LogP contribution in [-0.2, 0) is 12.8 Å². The van der Waals surface area contributed by atoms with Crippen LogP contribution in [0.2, 0.25) is 0 Å². The van der Waals surface area contributed by atoms with Crippen LogP contribution in [0.3, 0.4) is 0 Å². The average Bonchev–Trinajstić information content (AvgIpc) is 2.69. The van der Waals surface area contributed by atoms with Gasteiger partial charge in [-0.25, -0.2) is 9.97 Å². The summed E-state index contributed by atoms with van der Waals surface area (Å²) in [6.45, 7) is 10.3. The Kier molecular flexibility index (Phi) is 7.67. The number of hydrogen-bond donors (Lipinski definition) is 2. The predicted molar refractivity (Wildman–Crippen MR) is 112 cm³/mol. The summed E-state index contributed by atoms with van der Waals surface area (Å²) in [5, 5.41) is 5.81. The number of aryl methyl sites for hydroxylation is 4. The summed E-state index contributed by atoms with van der Waals surface area (Å²) in [5.41, 5.74) is 4.32. The van der Waals surface area contributed by atoms with Crippen LogP contribution in [0.4, 0.5) is 5.69 Å². The van der Waals surface area contributed by atoms with Gasteiger partial charge in [-0.15, -0.1) is 0 Å². The largest absolute Gasteiger partial charge is 0.351 e. The van der Waals surface area contributed by atoms with Gasteiger partial charge in [0.1, 0.15) is 0 Å². The van der Waals surface area contributed by atoms with E-state index in [1.807, 2.05) is 32.0 Å². The average molecular weight is 383 g/mol. The highest BCUT2D eigenvalue weighted by atomic mass is 16.2. The monoisotopic (exact) mass is 382 g/mol. The molecular weight excluding hydrogens is 352 g/mol. The van der Waals surface area contributed by atoms with Crippen molar-refractivity contribution < 1.29 is 9.59 Å². The Balaban J connectivity index is 2.40. The van der Waals surface area contributed by atoms with E-state index in [-0.39, 0.29) is 17.3 Å². The lowest BCUT2D eigenvalue weighted by Gasteiger charge is -2.16. The van der Waals surface area contributed by atoms with Gasteiger partial charge in [-0.3, -0.25) is 9.59 Å². The lowest BCUT2D eigenvalue weighted by atomic mass is 10.0. The van der Waals surface area contributed by atoms with E-state index in [4.69, 9.17) is 0 Å². The van der Waals surface area contributed by atoms with Gasteiger partial charge in [0.15, 0.2) is 11.4 Å². The molecule has 1 aromatic carbocycles. The third-order valence-electron chi connectivity index (χ3n) is 4.79. The molecule has 0 spiro atoms. The lowest BCUT2D eigenvalue weighted by Crippen LogP contribution is -2.30. The Morgan fingerprint density at radius 1 is 0.893 bits per heavy atom. The molecule has 0 saturated heterocycles. The number of rotatable bonds is 8. The maximum absolute atomic E-state index is 13.1. The first-order valence-electron chi connectivity index (χ1n) is 9.98. The molecule has 6 heteroatoms. The minimum Gasteiger partial charge on any atom is -0.351 e. The Labute approximate surface area is 167 Å². The molecule has 0 bridgehead atoms. The van der Waals surface area contributed by atoms with E-state index in [9.17, 15) is 9.59 Å². The zero-order valence-electron chi connectivity index (χ0n) is 17.5. The summed E-state index contributed by atoms with van der Waals surface area (Å²) in [4.78, 5) is 34.4. The number of nitrogens with one attached hydrogen (secondary N) is 2. The van der Waals surface area contributed by atoms with Gasteiger partial charge in [0.25, 0.3) is 11.8 Å². The minimum atomic E-state index is -0.410. The summed E-state index contributed by atoms with van der Waals surface area (Å²) >= 11 is 0. The number of amides is 2. The number of benzene rings is 1. The van der Waals surface area contributed by atoms with Crippen molar-refractivity contribution in [1.82, 2.24) is 15.3 Å². The van der Waals surface area contributed by atoms with Gasteiger partial charge >= 0.3 is 0 Å². The SMILES string of the molecule is CCCCNC(=O)c1nc(C)c(C)nc1C(=O)Nc1c(CC)cccc1CC. The molecule has 1 aromatic heterocycles. The molecule has 0 fully saturated rings. The van der Waals surface area contributed by atoms with Crippen molar-refractivity contribution in [3.05, 3.63) is 52.1 Å².